The van der Waals surface area contributed by atoms with Crippen molar-refractivity contribution in [3.63, 3.8) is 0 Å². The molecule has 1 aromatic carbocycles. The van der Waals surface area contributed by atoms with E-state index in [1.54, 1.807) is 31.2 Å². The molecule has 94 valence electrons. The molecule has 0 aliphatic rings. The van der Waals surface area contributed by atoms with Crippen molar-refractivity contribution in [2.24, 2.45) is 0 Å². The van der Waals surface area contributed by atoms with Crippen LogP contribution in [0.2, 0.25) is 0 Å². The number of carboxylic acid groups (broad SMARTS) is 1. The maximum absolute atomic E-state index is 10.9. The summed E-state index contributed by atoms with van der Waals surface area (Å²) in [5.41, 5.74) is 0.711. The number of aliphatic carboxylic acids is 1. The highest BCUT2D eigenvalue weighted by Crippen LogP contribution is 2.20. The Labute approximate surface area is 101 Å². The number of aliphatic hydroxyl groups excluding tert-OH is 1. The first kappa shape index (κ1) is 13.5. The van der Waals surface area contributed by atoms with Gasteiger partial charge in [0.05, 0.1) is 6.10 Å². The van der Waals surface area contributed by atoms with E-state index in [0.717, 1.165) is 6.42 Å². The number of carbonyl (C=O) groups is 1. The number of hydrogen-bond donors (Lipinski definition) is 2. The number of carboxylic acids is 1. The van der Waals surface area contributed by atoms with E-state index in [1.165, 1.54) is 0 Å². The average molecular weight is 238 g/mol. The third-order valence-corrected chi connectivity index (χ3v) is 2.45. The summed E-state index contributed by atoms with van der Waals surface area (Å²) in [6.45, 7) is 3.56. The molecule has 4 nitrogen and oxygen atoms in total. The first-order valence-electron chi connectivity index (χ1n) is 5.72. The van der Waals surface area contributed by atoms with Crippen molar-refractivity contribution < 1.29 is 19.7 Å². The van der Waals surface area contributed by atoms with Crippen LogP contribution in [-0.2, 0) is 4.79 Å². The van der Waals surface area contributed by atoms with Gasteiger partial charge in [-0.3, -0.25) is 0 Å². The molecule has 0 spiro atoms. The lowest BCUT2D eigenvalue weighted by Gasteiger charge is -2.15. The monoisotopic (exact) mass is 238 g/mol. The fourth-order valence-electron chi connectivity index (χ4n) is 1.51. The Bertz CT molecular complexity index is 373. The molecule has 1 rings (SSSR count). The first-order valence-corrected chi connectivity index (χ1v) is 5.72. The van der Waals surface area contributed by atoms with Crippen LogP contribution in [0.25, 0.3) is 0 Å². The predicted molar refractivity (Wildman–Crippen MR) is 64.0 cm³/mol. The highest BCUT2D eigenvalue weighted by Gasteiger charge is 2.18. The SMILES string of the molecule is CCCC(Oc1cccc(C(C)O)c1)C(=O)O. The molecule has 2 atom stereocenters. The molecule has 4 heteroatoms. The fourth-order valence-corrected chi connectivity index (χ4v) is 1.51. The molecule has 0 aliphatic heterocycles. The minimum atomic E-state index is -0.964. The van der Waals surface area contributed by atoms with Gasteiger partial charge in [-0.1, -0.05) is 25.5 Å². The van der Waals surface area contributed by atoms with E-state index in [4.69, 9.17) is 9.84 Å². The molecule has 0 heterocycles. The van der Waals surface area contributed by atoms with Crippen molar-refractivity contribution >= 4 is 5.97 Å². The van der Waals surface area contributed by atoms with Crippen molar-refractivity contribution in [1.82, 2.24) is 0 Å². The largest absolute Gasteiger partial charge is 0.479 e. The van der Waals surface area contributed by atoms with Crippen LogP contribution in [0, 0.1) is 0 Å². The van der Waals surface area contributed by atoms with Crippen molar-refractivity contribution in [2.45, 2.75) is 38.9 Å². The van der Waals surface area contributed by atoms with E-state index in [9.17, 15) is 9.90 Å². The fraction of sp³-hybridized carbons (Fsp3) is 0.462. The summed E-state index contributed by atoms with van der Waals surface area (Å²) >= 11 is 0. The molecule has 0 amide bonds. The van der Waals surface area contributed by atoms with E-state index >= 15 is 0 Å². The molecule has 2 N–H and O–H groups in total. The Balaban J connectivity index is 2.78. The van der Waals surface area contributed by atoms with Gasteiger partial charge in [-0.15, -0.1) is 0 Å². The molecule has 0 saturated carbocycles. The number of ether oxygens (including phenoxy) is 1. The second-order valence-corrected chi connectivity index (χ2v) is 3.98. The lowest BCUT2D eigenvalue weighted by Crippen LogP contribution is -2.26. The highest BCUT2D eigenvalue weighted by atomic mass is 16.5. The van der Waals surface area contributed by atoms with Crippen molar-refractivity contribution in [3.8, 4) is 5.75 Å². The normalized spacial score (nSPS) is 14.1. The van der Waals surface area contributed by atoms with Gasteiger partial charge in [0.2, 0.25) is 0 Å². The number of rotatable bonds is 6. The van der Waals surface area contributed by atoms with Crippen molar-refractivity contribution in [2.75, 3.05) is 0 Å². The summed E-state index contributed by atoms with van der Waals surface area (Å²) in [5.74, 6) is -0.487. The molecule has 0 fully saturated rings. The lowest BCUT2D eigenvalue weighted by atomic mass is 10.1. The second-order valence-electron chi connectivity index (χ2n) is 3.98. The van der Waals surface area contributed by atoms with Crippen LogP contribution in [0.4, 0.5) is 0 Å². The topological polar surface area (TPSA) is 66.8 Å². The van der Waals surface area contributed by atoms with E-state index in [0.29, 0.717) is 17.7 Å². The summed E-state index contributed by atoms with van der Waals surface area (Å²) in [6.07, 6.45) is -0.210. The molecule has 1 aromatic rings. The van der Waals surface area contributed by atoms with Gasteiger partial charge in [0, 0.05) is 0 Å². The van der Waals surface area contributed by atoms with Gasteiger partial charge < -0.3 is 14.9 Å². The molecule has 2 unspecified atom stereocenters. The second kappa shape index (κ2) is 6.25. The Kier molecular flexibility index (Phi) is 4.97. The van der Waals surface area contributed by atoms with E-state index in [-0.39, 0.29) is 0 Å². The van der Waals surface area contributed by atoms with Crippen LogP contribution in [0.5, 0.6) is 5.75 Å². The van der Waals surface area contributed by atoms with Crippen molar-refractivity contribution in [1.29, 1.82) is 0 Å². The van der Waals surface area contributed by atoms with Gasteiger partial charge in [-0.25, -0.2) is 4.79 Å². The standard InChI is InChI=1S/C13H18O4/c1-3-5-12(13(15)16)17-11-7-4-6-10(8-11)9(2)14/h4,6-9,12,14H,3,5H2,1-2H3,(H,15,16). The minimum Gasteiger partial charge on any atom is -0.479 e. The van der Waals surface area contributed by atoms with Crippen LogP contribution in [-0.4, -0.2) is 22.3 Å². The Morgan fingerprint density at radius 3 is 2.71 bits per heavy atom. The highest BCUT2D eigenvalue weighted by molar-refractivity contribution is 5.72. The Hall–Kier alpha value is -1.55. The van der Waals surface area contributed by atoms with Crippen LogP contribution in [0.3, 0.4) is 0 Å². The summed E-state index contributed by atoms with van der Waals surface area (Å²) in [7, 11) is 0. The van der Waals surface area contributed by atoms with E-state index in [2.05, 4.69) is 0 Å². The molecule has 0 radical (unpaired) electrons. The number of benzene rings is 1. The zero-order chi connectivity index (χ0) is 12.8. The first-order chi connectivity index (χ1) is 8.04. The van der Waals surface area contributed by atoms with E-state index in [1.807, 2.05) is 6.92 Å². The predicted octanol–water partition coefficient (Wildman–Crippen LogP) is 2.37. The maximum Gasteiger partial charge on any atom is 0.344 e. The third-order valence-electron chi connectivity index (χ3n) is 2.45. The molecular formula is C13H18O4. The molecule has 0 bridgehead atoms. The summed E-state index contributed by atoms with van der Waals surface area (Å²) in [6, 6.07) is 6.86. The average Bonchev–Trinajstić information content (AvgIpc) is 2.28. The summed E-state index contributed by atoms with van der Waals surface area (Å²) in [5, 5.41) is 18.4. The smallest absolute Gasteiger partial charge is 0.344 e. The maximum atomic E-state index is 10.9. The Morgan fingerprint density at radius 2 is 2.18 bits per heavy atom. The van der Waals surface area contributed by atoms with Crippen LogP contribution in [0.15, 0.2) is 24.3 Å². The number of hydrogen-bond acceptors (Lipinski definition) is 3. The van der Waals surface area contributed by atoms with Gasteiger partial charge in [0.1, 0.15) is 5.75 Å². The summed E-state index contributed by atoms with van der Waals surface area (Å²) in [4.78, 5) is 10.9. The van der Waals surface area contributed by atoms with Gasteiger partial charge >= 0.3 is 5.97 Å². The van der Waals surface area contributed by atoms with Gasteiger partial charge in [-0.05, 0) is 31.0 Å². The van der Waals surface area contributed by atoms with Crippen molar-refractivity contribution in [3.05, 3.63) is 29.8 Å². The Morgan fingerprint density at radius 1 is 1.47 bits per heavy atom. The van der Waals surface area contributed by atoms with Gasteiger partial charge in [0.15, 0.2) is 6.10 Å². The molecular weight excluding hydrogens is 220 g/mol. The molecule has 0 aliphatic carbocycles. The molecule has 0 saturated heterocycles. The zero-order valence-electron chi connectivity index (χ0n) is 10.1. The van der Waals surface area contributed by atoms with Gasteiger partial charge in [-0.2, -0.15) is 0 Å². The molecule has 17 heavy (non-hydrogen) atoms. The van der Waals surface area contributed by atoms with Crippen LogP contribution >= 0.6 is 0 Å². The van der Waals surface area contributed by atoms with E-state index < -0.39 is 18.2 Å². The lowest BCUT2D eigenvalue weighted by molar-refractivity contribution is -0.145. The quantitative estimate of drug-likeness (QED) is 0.798. The van der Waals surface area contributed by atoms with Gasteiger partial charge in [0.25, 0.3) is 0 Å². The molecule has 0 aromatic heterocycles. The zero-order valence-corrected chi connectivity index (χ0v) is 10.1. The third kappa shape index (κ3) is 4.07. The minimum absolute atomic E-state index is 0.467. The summed E-state index contributed by atoms with van der Waals surface area (Å²) < 4.78 is 5.40. The van der Waals surface area contributed by atoms with Crippen LogP contribution in [0.1, 0.15) is 38.4 Å². The number of aliphatic hydroxyl groups is 1. The van der Waals surface area contributed by atoms with Crippen LogP contribution < -0.4 is 4.74 Å².